The summed E-state index contributed by atoms with van der Waals surface area (Å²) >= 11 is 1.78. The number of hydrogen-bond donors (Lipinski definition) is 1. The highest BCUT2D eigenvalue weighted by Crippen LogP contribution is 2.17. The molecule has 0 unspecified atom stereocenters. The van der Waals surface area contributed by atoms with Crippen LogP contribution in [-0.2, 0) is 4.79 Å². The molecule has 1 amide bonds. The first-order chi connectivity index (χ1) is 8.13. The van der Waals surface area contributed by atoms with E-state index in [1.165, 1.54) is 5.56 Å². The van der Waals surface area contributed by atoms with Gasteiger partial charge in [0.15, 0.2) is 0 Å². The van der Waals surface area contributed by atoms with Crippen LogP contribution < -0.4 is 5.32 Å². The van der Waals surface area contributed by atoms with Gasteiger partial charge in [0.05, 0.1) is 0 Å². The normalized spacial score (nSPS) is 10.6. The molecule has 3 heteroatoms. The van der Waals surface area contributed by atoms with E-state index in [1.54, 1.807) is 11.8 Å². The first-order valence-corrected chi connectivity index (χ1v) is 7.41. The van der Waals surface area contributed by atoms with Gasteiger partial charge >= 0.3 is 0 Å². The molecule has 0 aromatic heterocycles. The van der Waals surface area contributed by atoms with Crippen LogP contribution in [0, 0.1) is 0 Å². The Morgan fingerprint density at radius 3 is 2.47 bits per heavy atom. The lowest BCUT2D eigenvalue weighted by molar-refractivity contribution is -0.116. The molecule has 0 aliphatic carbocycles. The summed E-state index contributed by atoms with van der Waals surface area (Å²) in [7, 11) is 0. The van der Waals surface area contributed by atoms with Crippen LogP contribution in [0.1, 0.15) is 38.2 Å². The molecule has 0 aliphatic rings. The maximum absolute atomic E-state index is 11.6. The summed E-state index contributed by atoms with van der Waals surface area (Å²) in [6.45, 7) is 4.33. The smallest absolute Gasteiger partial charge is 0.224 e. The van der Waals surface area contributed by atoms with E-state index in [0.29, 0.717) is 12.3 Å². The Labute approximate surface area is 108 Å². The molecule has 0 fully saturated rings. The van der Waals surface area contributed by atoms with Crippen molar-refractivity contribution >= 4 is 23.4 Å². The summed E-state index contributed by atoms with van der Waals surface area (Å²) in [5.74, 6) is 1.68. The molecular weight excluding hydrogens is 230 g/mol. The van der Waals surface area contributed by atoms with E-state index in [4.69, 9.17) is 0 Å². The molecule has 0 saturated heterocycles. The fraction of sp³-hybridized carbons (Fsp3) is 0.500. The van der Waals surface area contributed by atoms with E-state index >= 15 is 0 Å². The Morgan fingerprint density at radius 2 is 1.94 bits per heavy atom. The monoisotopic (exact) mass is 251 g/mol. The summed E-state index contributed by atoms with van der Waals surface area (Å²) in [6.07, 6.45) is 3.60. The van der Waals surface area contributed by atoms with Crippen LogP contribution in [0.25, 0.3) is 0 Å². The highest BCUT2D eigenvalue weighted by Gasteiger charge is 2.03. The zero-order valence-corrected chi connectivity index (χ0v) is 11.6. The van der Waals surface area contributed by atoms with E-state index in [1.807, 2.05) is 12.1 Å². The van der Waals surface area contributed by atoms with Gasteiger partial charge in [0, 0.05) is 12.1 Å². The maximum atomic E-state index is 11.6. The van der Waals surface area contributed by atoms with Gasteiger partial charge in [0.2, 0.25) is 5.91 Å². The van der Waals surface area contributed by atoms with Crippen LogP contribution in [0.4, 0.5) is 5.69 Å². The number of rotatable bonds is 6. The van der Waals surface area contributed by atoms with Crippen molar-refractivity contribution in [2.24, 2.45) is 0 Å². The number of nitrogens with one attached hydrogen (secondary N) is 1. The third-order valence-electron chi connectivity index (χ3n) is 2.61. The van der Waals surface area contributed by atoms with E-state index in [2.05, 4.69) is 37.6 Å². The Balaban J connectivity index is 2.43. The number of carbonyl (C=O) groups excluding carboxylic acids is 1. The minimum atomic E-state index is 0.108. The zero-order chi connectivity index (χ0) is 12.7. The molecule has 17 heavy (non-hydrogen) atoms. The molecule has 0 aliphatic heterocycles. The average molecular weight is 251 g/mol. The summed E-state index contributed by atoms with van der Waals surface area (Å²) in [6, 6.07) is 8.09. The maximum Gasteiger partial charge on any atom is 0.224 e. The van der Waals surface area contributed by atoms with Crippen molar-refractivity contribution in [3.63, 3.8) is 0 Å². The summed E-state index contributed by atoms with van der Waals surface area (Å²) in [5.41, 5.74) is 2.19. The Bertz CT molecular complexity index is 346. The number of amides is 1. The van der Waals surface area contributed by atoms with E-state index in [-0.39, 0.29) is 5.91 Å². The van der Waals surface area contributed by atoms with E-state index < -0.39 is 0 Å². The summed E-state index contributed by atoms with van der Waals surface area (Å²) in [4.78, 5) is 11.6. The molecule has 1 aromatic carbocycles. The molecule has 0 saturated carbocycles. The van der Waals surface area contributed by atoms with Gasteiger partial charge in [-0.2, -0.15) is 11.8 Å². The minimum Gasteiger partial charge on any atom is -0.326 e. The molecule has 1 aromatic rings. The standard InChI is InChI=1S/C14H21NOS/c1-11(2)12-6-8-13(9-7-12)15-14(16)5-4-10-17-3/h6-9,11H,4-5,10H2,1-3H3,(H,15,16). The topological polar surface area (TPSA) is 29.1 Å². The van der Waals surface area contributed by atoms with E-state index in [9.17, 15) is 4.79 Å². The Kier molecular flexibility index (Phi) is 6.12. The predicted molar refractivity (Wildman–Crippen MR) is 76.8 cm³/mol. The van der Waals surface area contributed by atoms with Crippen molar-refractivity contribution in [2.75, 3.05) is 17.3 Å². The quantitative estimate of drug-likeness (QED) is 0.777. The van der Waals surface area contributed by atoms with Gasteiger partial charge in [-0.25, -0.2) is 0 Å². The lowest BCUT2D eigenvalue weighted by atomic mass is 10.0. The second-order valence-electron chi connectivity index (χ2n) is 4.42. The third-order valence-corrected chi connectivity index (χ3v) is 3.31. The fourth-order valence-corrected chi connectivity index (χ4v) is 1.98. The molecule has 1 N–H and O–H groups in total. The van der Waals surface area contributed by atoms with Crippen molar-refractivity contribution in [1.29, 1.82) is 0 Å². The molecule has 2 nitrogen and oxygen atoms in total. The molecule has 94 valence electrons. The summed E-state index contributed by atoms with van der Waals surface area (Å²) in [5, 5.41) is 2.92. The van der Waals surface area contributed by atoms with Crippen LogP contribution in [0.5, 0.6) is 0 Å². The number of thioether (sulfide) groups is 1. The van der Waals surface area contributed by atoms with Gasteiger partial charge in [-0.05, 0) is 42.0 Å². The minimum absolute atomic E-state index is 0.108. The van der Waals surface area contributed by atoms with Crippen LogP contribution >= 0.6 is 11.8 Å². The van der Waals surface area contributed by atoms with Gasteiger partial charge in [-0.1, -0.05) is 26.0 Å². The first kappa shape index (κ1) is 14.1. The Morgan fingerprint density at radius 1 is 1.29 bits per heavy atom. The average Bonchev–Trinajstić information content (AvgIpc) is 2.30. The van der Waals surface area contributed by atoms with Gasteiger partial charge in [0.1, 0.15) is 0 Å². The van der Waals surface area contributed by atoms with Gasteiger partial charge in [-0.15, -0.1) is 0 Å². The second kappa shape index (κ2) is 7.38. The fourth-order valence-electron chi connectivity index (χ4n) is 1.55. The first-order valence-electron chi connectivity index (χ1n) is 6.02. The molecule has 0 atom stereocenters. The van der Waals surface area contributed by atoms with Gasteiger partial charge in [-0.3, -0.25) is 4.79 Å². The largest absolute Gasteiger partial charge is 0.326 e. The van der Waals surface area contributed by atoms with E-state index in [0.717, 1.165) is 17.9 Å². The van der Waals surface area contributed by atoms with Crippen molar-refractivity contribution in [3.8, 4) is 0 Å². The molecule has 0 bridgehead atoms. The molecular formula is C14H21NOS. The number of carbonyl (C=O) groups is 1. The van der Waals surface area contributed by atoms with Crippen molar-refractivity contribution in [3.05, 3.63) is 29.8 Å². The number of anilines is 1. The second-order valence-corrected chi connectivity index (χ2v) is 5.41. The zero-order valence-electron chi connectivity index (χ0n) is 10.8. The van der Waals surface area contributed by atoms with Gasteiger partial charge in [0.25, 0.3) is 0 Å². The van der Waals surface area contributed by atoms with Crippen LogP contribution in [-0.4, -0.2) is 17.9 Å². The lowest BCUT2D eigenvalue weighted by Gasteiger charge is -2.08. The SMILES string of the molecule is CSCCCC(=O)Nc1ccc(C(C)C)cc1. The van der Waals surface area contributed by atoms with Crippen molar-refractivity contribution in [2.45, 2.75) is 32.6 Å². The van der Waals surface area contributed by atoms with Crippen molar-refractivity contribution in [1.82, 2.24) is 0 Å². The highest BCUT2D eigenvalue weighted by atomic mass is 32.2. The molecule has 0 heterocycles. The van der Waals surface area contributed by atoms with Crippen LogP contribution in [0.15, 0.2) is 24.3 Å². The third kappa shape index (κ3) is 5.26. The number of benzene rings is 1. The highest BCUT2D eigenvalue weighted by molar-refractivity contribution is 7.98. The van der Waals surface area contributed by atoms with Crippen LogP contribution in [0.3, 0.4) is 0 Å². The molecule has 0 radical (unpaired) electrons. The molecule has 1 rings (SSSR count). The Hall–Kier alpha value is -0.960. The lowest BCUT2D eigenvalue weighted by Crippen LogP contribution is -2.11. The molecule has 0 spiro atoms. The summed E-state index contributed by atoms with van der Waals surface area (Å²) < 4.78 is 0. The van der Waals surface area contributed by atoms with Crippen molar-refractivity contribution < 1.29 is 4.79 Å². The number of hydrogen-bond acceptors (Lipinski definition) is 2. The van der Waals surface area contributed by atoms with Crippen LogP contribution in [0.2, 0.25) is 0 Å². The van der Waals surface area contributed by atoms with Gasteiger partial charge < -0.3 is 5.32 Å². The predicted octanol–water partition coefficient (Wildman–Crippen LogP) is 3.89.